The third kappa shape index (κ3) is 5.52. The summed E-state index contributed by atoms with van der Waals surface area (Å²) >= 11 is 0. The average molecular weight is 393 g/mol. The van der Waals surface area contributed by atoms with Crippen molar-refractivity contribution in [2.45, 2.75) is 26.4 Å². The van der Waals surface area contributed by atoms with E-state index >= 15 is 0 Å². The van der Waals surface area contributed by atoms with Gasteiger partial charge in [0.2, 0.25) is 5.91 Å². The van der Waals surface area contributed by atoms with Gasteiger partial charge in [0, 0.05) is 18.4 Å². The monoisotopic (exact) mass is 393 g/mol. The van der Waals surface area contributed by atoms with Crippen LogP contribution in [-0.4, -0.2) is 28.6 Å². The van der Waals surface area contributed by atoms with Crippen LogP contribution in [0.25, 0.3) is 10.9 Å². The lowest BCUT2D eigenvalue weighted by Crippen LogP contribution is -2.27. The van der Waals surface area contributed by atoms with Gasteiger partial charge < -0.3 is 10.1 Å². The fraction of sp³-hybridized carbons (Fsp3) is 0.227. The van der Waals surface area contributed by atoms with Gasteiger partial charge in [0.1, 0.15) is 23.6 Å². The zero-order valence-corrected chi connectivity index (χ0v) is 16.1. The summed E-state index contributed by atoms with van der Waals surface area (Å²) in [6, 6.07) is 17.2. The van der Waals surface area contributed by atoms with Crippen LogP contribution in [0.15, 0.2) is 54.6 Å². The summed E-state index contributed by atoms with van der Waals surface area (Å²) in [5.74, 6) is -0.208. The molecule has 2 amide bonds. The summed E-state index contributed by atoms with van der Waals surface area (Å²) in [5, 5.41) is 12.1. The van der Waals surface area contributed by atoms with Crippen LogP contribution in [0.3, 0.4) is 0 Å². The largest absolute Gasteiger partial charge is 0.487 e. The van der Waals surface area contributed by atoms with E-state index < -0.39 is 5.91 Å². The van der Waals surface area contributed by atoms with Gasteiger partial charge in [-0.05, 0) is 31.0 Å². The fourth-order valence-corrected chi connectivity index (χ4v) is 2.81. The number of hydrogen-bond donors (Lipinski definition) is 3. The Kier molecular flexibility index (Phi) is 6.76. The highest BCUT2D eigenvalue weighted by molar-refractivity contribution is 5.96. The molecule has 0 aliphatic heterocycles. The maximum atomic E-state index is 12.4. The lowest BCUT2D eigenvalue weighted by molar-refractivity contribution is -0.129. The minimum absolute atomic E-state index is 0.124. The molecule has 3 rings (SSSR count). The zero-order valence-electron chi connectivity index (χ0n) is 16.1. The number of para-hydroxylation sites is 1. The highest BCUT2D eigenvalue weighted by Gasteiger charge is 2.11. The van der Waals surface area contributed by atoms with Crippen LogP contribution in [0, 0.1) is 6.92 Å². The summed E-state index contributed by atoms with van der Waals surface area (Å²) in [6.45, 7) is 2.75. The van der Waals surface area contributed by atoms with Gasteiger partial charge in [-0.2, -0.15) is 0 Å². The Bertz CT molecular complexity index is 1000. The SMILES string of the molecule is Cc1ccc(COc2cccc3ccc(C(=O)NCCCC(=O)NO)nc23)cc1. The molecule has 0 aliphatic rings. The molecule has 7 heteroatoms. The molecule has 150 valence electrons. The van der Waals surface area contributed by atoms with Crippen LogP contribution in [-0.2, 0) is 11.4 Å². The van der Waals surface area contributed by atoms with Crippen molar-refractivity contribution < 1.29 is 19.5 Å². The van der Waals surface area contributed by atoms with Crippen LogP contribution < -0.4 is 15.5 Å². The van der Waals surface area contributed by atoms with Crippen molar-refractivity contribution in [3.8, 4) is 5.75 Å². The molecule has 0 atom stereocenters. The van der Waals surface area contributed by atoms with E-state index in [1.807, 2.05) is 55.5 Å². The molecule has 0 spiro atoms. The highest BCUT2D eigenvalue weighted by atomic mass is 16.5. The summed E-state index contributed by atoms with van der Waals surface area (Å²) in [4.78, 5) is 27.8. The molecule has 1 aromatic heterocycles. The summed E-state index contributed by atoms with van der Waals surface area (Å²) < 4.78 is 5.95. The van der Waals surface area contributed by atoms with Crippen LogP contribution in [0.5, 0.6) is 5.75 Å². The van der Waals surface area contributed by atoms with E-state index in [9.17, 15) is 9.59 Å². The first-order chi connectivity index (χ1) is 14.1. The predicted molar refractivity (Wildman–Crippen MR) is 109 cm³/mol. The third-order valence-corrected chi connectivity index (χ3v) is 4.42. The van der Waals surface area contributed by atoms with E-state index in [-0.39, 0.29) is 18.0 Å². The number of hydroxylamine groups is 1. The van der Waals surface area contributed by atoms with Crippen LogP contribution in [0.2, 0.25) is 0 Å². The molecule has 1 heterocycles. The molecule has 0 saturated heterocycles. The van der Waals surface area contributed by atoms with Crippen LogP contribution >= 0.6 is 0 Å². The van der Waals surface area contributed by atoms with Crippen molar-refractivity contribution in [2.24, 2.45) is 0 Å². The molecule has 0 saturated carbocycles. The Labute approximate surface area is 168 Å². The summed E-state index contributed by atoms with van der Waals surface area (Å²) in [7, 11) is 0. The van der Waals surface area contributed by atoms with Crippen LogP contribution in [0.1, 0.15) is 34.5 Å². The van der Waals surface area contributed by atoms with Crippen molar-refractivity contribution in [3.63, 3.8) is 0 Å². The first-order valence-electron chi connectivity index (χ1n) is 9.36. The van der Waals surface area contributed by atoms with E-state index in [0.29, 0.717) is 30.8 Å². The standard InChI is InChI=1S/C22H23N3O4/c1-15-7-9-16(10-8-15)14-29-19-5-2-4-17-11-12-18(24-21(17)19)22(27)23-13-3-6-20(26)25-28/h2,4-5,7-12,28H,3,6,13-14H2,1H3,(H,23,27)(H,25,26). The summed E-state index contributed by atoms with van der Waals surface area (Å²) in [6.07, 6.45) is 0.537. The lowest BCUT2D eigenvalue weighted by Gasteiger charge is -2.10. The number of nitrogens with one attached hydrogen (secondary N) is 2. The first-order valence-corrected chi connectivity index (χ1v) is 9.36. The maximum absolute atomic E-state index is 12.4. The number of fused-ring (bicyclic) bond motifs is 1. The fourth-order valence-electron chi connectivity index (χ4n) is 2.81. The average Bonchev–Trinajstić information content (AvgIpc) is 2.75. The molecule has 29 heavy (non-hydrogen) atoms. The zero-order chi connectivity index (χ0) is 20.6. The Morgan fingerprint density at radius 1 is 1.07 bits per heavy atom. The second kappa shape index (κ2) is 9.66. The molecule has 0 bridgehead atoms. The van der Waals surface area contributed by atoms with E-state index in [1.165, 1.54) is 5.56 Å². The van der Waals surface area contributed by atoms with Gasteiger partial charge in [-0.1, -0.05) is 48.0 Å². The van der Waals surface area contributed by atoms with E-state index in [2.05, 4.69) is 10.3 Å². The van der Waals surface area contributed by atoms with Crippen LogP contribution in [0.4, 0.5) is 0 Å². The minimum Gasteiger partial charge on any atom is -0.487 e. The number of aromatic nitrogens is 1. The number of carbonyl (C=O) groups excluding carboxylic acids is 2. The molecule has 2 aromatic carbocycles. The van der Waals surface area contributed by atoms with Gasteiger partial charge in [-0.25, -0.2) is 10.5 Å². The van der Waals surface area contributed by atoms with Crippen molar-refractivity contribution in [1.82, 2.24) is 15.8 Å². The molecule has 7 nitrogen and oxygen atoms in total. The number of rotatable bonds is 8. The molecule has 0 aliphatic carbocycles. The molecular formula is C22H23N3O4. The predicted octanol–water partition coefficient (Wildman–Crippen LogP) is 3.14. The number of pyridine rings is 1. The number of carbonyl (C=O) groups is 2. The van der Waals surface area contributed by atoms with Gasteiger partial charge >= 0.3 is 0 Å². The van der Waals surface area contributed by atoms with Gasteiger partial charge in [0.05, 0.1) is 0 Å². The van der Waals surface area contributed by atoms with E-state index in [1.54, 1.807) is 11.5 Å². The number of hydrogen-bond acceptors (Lipinski definition) is 5. The van der Waals surface area contributed by atoms with Crippen molar-refractivity contribution in [1.29, 1.82) is 0 Å². The number of nitrogens with zero attached hydrogens (tertiary/aromatic N) is 1. The van der Waals surface area contributed by atoms with E-state index in [0.717, 1.165) is 10.9 Å². The molecular weight excluding hydrogens is 370 g/mol. The topological polar surface area (TPSA) is 101 Å². The number of amides is 2. The Morgan fingerprint density at radius 2 is 1.86 bits per heavy atom. The van der Waals surface area contributed by atoms with Gasteiger partial charge in [-0.3, -0.25) is 14.8 Å². The van der Waals surface area contributed by atoms with Crippen molar-refractivity contribution >= 4 is 22.7 Å². The van der Waals surface area contributed by atoms with Crippen molar-refractivity contribution in [2.75, 3.05) is 6.54 Å². The molecule has 3 N–H and O–H groups in total. The molecule has 0 fully saturated rings. The summed E-state index contributed by atoms with van der Waals surface area (Å²) in [5.41, 5.74) is 4.69. The Balaban J connectivity index is 1.69. The second-order valence-corrected chi connectivity index (χ2v) is 6.69. The molecule has 0 radical (unpaired) electrons. The normalized spacial score (nSPS) is 10.6. The number of ether oxygens (including phenoxy) is 1. The van der Waals surface area contributed by atoms with Gasteiger partial charge in [0.25, 0.3) is 5.91 Å². The number of aryl methyl sites for hydroxylation is 1. The highest BCUT2D eigenvalue weighted by Crippen LogP contribution is 2.25. The van der Waals surface area contributed by atoms with Crippen molar-refractivity contribution in [3.05, 3.63) is 71.4 Å². The third-order valence-electron chi connectivity index (χ3n) is 4.42. The molecule has 0 unspecified atom stereocenters. The van der Waals surface area contributed by atoms with Gasteiger partial charge in [-0.15, -0.1) is 0 Å². The second-order valence-electron chi connectivity index (χ2n) is 6.69. The smallest absolute Gasteiger partial charge is 0.269 e. The Morgan fingerprint density at radius 3 is 2.62 bits per heavy atom. The minimum atomic E-state index is -0.488. The molecule has 3 aromatic rings. The van der Waals surface area contributed by atoms with Gasteiger partial charge in [0.15, 0.2) is 0 Å². The Hall–Kier alpha value is -3.45. The first kappa shape index (κ1) is 20.3. The lowest BCUT2D eigenvalue weighted by atomic mass is 10.1. The maximum Gasteiger partial charge on any atom is 0.269 e. The number of benzene rings is 2. The quantitative estimate of drug-likeness (QED) is 0.310. The van der Waals surface area contributed by atoms with E-state index in [4.69, 9.17) is 9.94 Å².